The van der Waals surface area contributed by atoms with Crippen LogP contribution >= 0.6 is 0 Å². The Kier molecular flexibility index (Phi) is 5.24. The van der Waals surface area contributed by atoms with Gasteiger partial charge in [0, 0.05) is 39.4 Å². The van der Waals surface area contributed by atoms with Crippen molar-refractivity contribution in [1.29, 1.82) is 0 Å². The molecule has 5 nitrogen and oxygen atoms in total. The van der Waals surface area contributed by atoms with E-state index in [0.717, 1.165) is 32.2 Å². The molecule has 0 aliphatic carbocycles. The first-order chi connectivity index (χ1) is 9.83. The molecule has 1 saturated heterocycles. The molecule has 2 rings (SSSR count). The fourth-order valence-electron chi connectivity index (χ4n) is 2.57. The zero-order chi connectivity index (χ0) is 15.5. The Hall–Kier alpha value is -1.11. The largest absolute Gasteiger partial charge is 0.378 e. The molecule has 0 spiro atoms. The van der Waals surface area contributed by atoms with Gasteiger partial charge in [0.15, 0.2) is 0 Å². The molecule has 118 valence electrons. The molecule has 1 heterocycles. The Morgan fingerprint density at radius 3 is 2.52 bits per heavy atom. The Bertz CT molecular complexity index is 555. The second-order valence-corrected chi connectivity index (χ2v) is 7.42. The monoisotopic (exact) mass is 312 g/mol. The van der Waals surface area contributed by atoms with Gasteiger partial charge in [-0.2, -0.15) is 8.42 Å². The van der Waals surface area contributed by atoms with E-state index in [-0.39, 0.29) is 6.10 Å². The van der Waals surface area contributed by atoms with E-state index in [1.54, 1.807) is 0 Å². The number of nitrogens with zero attached hydrogens (tertiary/aromatic N) is 2. The lowest BCUT2D eigenvalue weighted by molar-refractivity contribution is 0.209. The quantitative estimate of drug-likeness (QED) is 0.742. The molecular weight excluding hydrogens is 288 g/mol. The SMILES string of the molecule is CN(C)c1ccc(CCN2CC[C@H](OS(C)(=O)=O)C2)cc1. The van der Waals surface area contributed by atoms with Gasteiger partial charge < -0.3 is 9.80 Å². The smallest absolute Gasteiger partial charge is 0.264 e. The van der Waals surface area contributed by atoms with Gasteiger partial charge >= 0.3 is 0 Å². The van der Waals surface area contributed by atoms with Crippen LogP contribution in [0.5, 0.6) is 0 Å². The third-order valence-corrected chi connectivity index (χ3v) is 4.33. The van der Waals surface area contributed by atoms with E-state index >= 15 is 0 Å². The minimum absolute atomic E-state index is 0.184. The van der Waals surface area contributed by atoms with Crippen molar-refractivity contribution in [3.8, 4) is 0 Å². The van der Waals surface area contributed by atoms with Crippen LogP contribution in [0.2, 0.25) is 0 Å². The first-order valence-corrected chi connectivity index (χ1v) is 9.02. The Labute approximate surface area is 127 Å². The summed E-state index contributed by atoms with van der Waals surface area (Å²) in [4.78, 5) is 4.34. The normalized spacial score (nSPS) is 19.9. The third kappa shape index (κ3) is 5.30. The molecule has 0 N–H and O–H groups in total. The summed E-state index contributed by atoms with van der Waals surface area (Å²) in [5.41, 5.74) is 2.50. The van der Waals surface area contributed by atoms with Crippen molar-refractivity contribution < 1.29 is 12.6 Å². The second-order valence-electron chi connectivity index (χ2n) is 5.82. The summed E-state index contributed by atoms with van der Waals surface area (Å²) in [6.45, 7) is 2.53. The van der Waals surface area contributed by atoms with Gasteiger partial charge in [0.25, 0.3) is 10.1 Å². The highest BCUT2D eigenvalue weighted by atomic mass is 32.2. The number of benzene rings is 1. The van der Waals surface area contributed by atoms with Gasteiger partial charge in [0.2, 0.25) is 0 Å². The summed E-state index contributed by atoms with van der Waals surface area (Å²) < 4.78 is 27.3. The lowest BCUT2D eigenvalue weighted by Crippen LogP contribution is -2.26. The molecule has 0 saturated carbocycles. The topological polar surface area (TPSA) is 49.9 Å². The van der Waals surface area contributed by atoms with Crippen molar-refractivity contribution in [3.05, 3.63) is 29.8 Å². The highest BCUT2D eigenvalue weighted by Gasteiger charge is 2.25. The molecule has 6 heteroatoms. The summed E-state index contributed by atoms with van der Waals surface area (Å²) in [7, 11) is 0.716. The number of rotatable bonds is 6. The zero-order valence-corrected chi connectivity index (χ0v) is 13.8. The lowest BCUT2D eigenvalue weighted by Gasteiger charge is -2.16. The van der Waals surface area contributed by atoms with E-state index in [2.05, 4.69) is 34.1 Å². The average molecular weight is 312 g/mol. The van der Waals surface area contributed by atoms with Gasteiger partial charge in [-0.25, -0.2) is 0 Å². The molecule has 0 unspecified atom stereocenters. The number of hydrogen-bond donors (Lipinski definition) is 0. The summed E-state index contributed by atoms with van der Waals surface area (Å²) in [5, 5.41) is 0. The number of likely N-dealkylation sites (tertiary alicyclic amines) is 1. The molecule has 0 radical (unpaired) electrons. The van der Waals surface area contributed by atoms with Gasteiger partial charge in [-0.3, -0.25) is 4.18 Å². The van der Waals surface area contributed by atoms with Crippen molar-refractivity contribution in [1.82, 2.24) is 4.90 Å². The highest BCUT2D eigenvalue weighted by molar-refractivity contribution is 7.86. The van der Waals surface area contributed by atoms with Crippen LogP contribution in [-0.2, 0) is 20.7 Å². The van der Waals surface area contributed by atoms with Crippen LogP contribution in [0, 0.1) is 0 Å². The molecule has 0 aromatic heterocycles. The predicted octanol–water partition coefficient (Wildman–Crippen LogP) is 1.35. The highest BCUT2D eigenvalue weighted by Crippen LogP contribution is 2.16. The molecule has 0 bridgehead atoms. The van der Waals surface area contributed by atoms with Crippen LogP contribution in [0.25, 0.3) is 0 Å². The van der Waals surface area contributed by atoms with Crippen molar-refractivity contribution in [3.63, 3.8) is 0 Å². The van der Waals surface area contributed by atoms with Gasteiger partial charge in [-0.05, 0) is 30.5 Å². The molecule has 1 atom stereocenters. The van der Waals surface area contributed by atoms with E-state index < -0.39 is 10.1 Å². The Morgan fingerprint density at radius 2 is 1.95 bits per heavy atom. The van der Waals surface area contributed by atoms with E-state index in [9.17, 15) is 8.42 Å². The molecule has 1 aromatic carbocycles. The number of hydrogen-bond acceptors (Lipinski definition) is 5. The molecule has 0 amide bonds. The van der Waals surface area contributed by atoms with Gasteiger partial charge in [-0.15, -0.1) is 0 Å². The van der Waals surface area contributed by atoms with Crippen LogP contribution in [-0.4, -0.2) is 59.4 Å². The van der Waals surface area contributed by atoms with Crippen molar-refractivity contribution in [2.24, 2.45) is 0 Å². The maximum Gasteiger partial charge on any atom is 0.264 e. The zero-order valence-electron chi connectivity index (χ0n) is 12.9. The summed E-state index contributed by atoms with van der Waals surface area (Å²) in [6, 6.07) is 8.54. The fourth-order valence-corrected chi connectivity index (χ4v) is 3.23. The van der Waals surface area contributed by atoms with Gasteiger partial charge in [0.05, 0.1) is 12.4 Å². The Morgan fingerprint density at radius 1 is 1.29 bits per heavy atom. The van der Waals surface area contributed by atoms with E-state index in [4.69, 9.17) is 4.18 Å². The molecule has 1 aromatic rings. The average Bonchev–Trinajstić information content (AvgIpc) is 2.82. The van der Waals surface area contributed by atoms with Crippen LogP contribution in [0.1, 0.15) is 12.0 Å². The minimum Gasteiger partial charge on any atom is -0.378 e. The molecule has 1 fully saturated rings. The minimum atomic E-state index is -3.34. The van der Waals surface area contributed by atoms with Crippen LogP contribution in [0.4, 0.5) is 5.69 Å². The second kappa shape index (κ2) is 6.77. The molecule has 1 aliphatic heterocycles. The summed E-state index contributed by atoms with van der Waals surface area (Å²) in [6.07, 6.45) is 2.68. The number of anilines is 1. The molecule has 1 aliphatic rings. The van der Waals surface area contributed by atoms with Gasteiger partial charge in [-0.1, -0.05) is 12.1 Å². The van der Waals surface area contributed by atoms with Crippen LogP contribution in [0.15, 0.2) is 24.3 Å². The Balaban J connectivity index is 1.79. The van der Waals surface area contributed by atoms with Crippen LogP contribution in [0.3, 0.4) is 0 Å². The van der Waals surface area contributed by atoms with Crippen molar-refractivity contribution in [2.75, 3.05) is 44.9 Å². The van der Waals surface area contributed by atoms with Crippen molar-refractivity contribution >= 4 is 15.8 Å². The lowest BCUT2D eigenvalue weighted by atomic mass is 10.1. The van der Waals surface area contributed by atoms with Crippen LogP contribution < -0.4 is 4.90 Å². The molecular formula is C15H24N2O3S. The maximum atomic E-state index is 11.1. The predicted molar refractivity (Wildman–Crippen MR) is 85.2 cm³/mol. The van der Waals surface area contributed by atoms with E-state index in [1.807, 2.05) is 14.1 Å². The third-order valence-electron chi connectivity index (χ3n) is 3.71. The first kappa shape index (κ1) is 16.3. The maximum absolute atomic E-state index is 11.1. The first-order valence-electron chi connectivity index (χ1n) is 7.20. The summed E-state index contributed by atoms with van der Waals surface area (Å²) >= 11 is 0. The van der Waals surface area contributed by atoms with Crippen molar-refractivity contribution in [2.45, 2.75) is 18.9 Å². The fraction of sp³-hybridized carbons (Fsp3) is 0.600. The molecule has 21 heavy (non-hydrogen) atoms. The standard InChI is InChI=1S/C15H24N2O3S/c1-16(2)14-6-4-13(5-7-14)8-10-17-11-9-15(12-17)20-21(3,18)19/h4-7,15H,8-12H2,1-3H3/t15-/m0/s1. The van der Waals surface area contributed by atoms with E-state index in [0.29, 0.717) is 6.54 Å². The van der Waals surface area contributed by atoms with Gasteiger partial charge in [0.1, 0.15) is 0 Å². The summed E-state index contributed by atoms with van der Waals surface area (Å²) in [5.74, 6) is 0. The van der Waals surface area contributed by atoms with E-state index in [1.165, 1.54) is 11.3 Å².